The van der Waals surface area contributed by atoms with Crippen molar-refractivity contribution in [3.63, 3.8) is 0 Å². The summed E-state index contributed by atoms with van der Waals surface area (Å²) in [6.07, 6.45) is 0. The van der Waals surface area contributed by atoms with Crippen LogP contribution < -0.4 is 55.6 Å². The molecule has 0 atom stereocenters. The predicted octanol–water partition coefficient (Wildman–Crippen LogP) is -0.844. The zero-order valence-electron chi connectivity index (χ0n) is 6.53. The quantitative estimate of drug-likeness (QED) is 0.454. The fourth-order valence-electron chi connectivity index (χ4n) is 0.687. The van der Waals surface area contributed by atoms with Gasteiger partial charge < -0.3 is 8.74 Å². The maximum Gasteiger partial charge on any atom is 1.00 e. The second kappa shape index (κ2) is 6.48. The molecular weight excluding hydrogens is 187 g/mol. The van der Waals surface area contributed by atoms with E-state index in [4.69, 9.17) is 4.18 Å². The number of aryl methyl sites for hydroxylation is 1. The first-order valence-electron chi connectivity index (χ1n) is 2.86. The molecule has 0 aromatic heterocycles. The number of para-hydroxylation sites is 1. The van der Waals surface area contributed by atoms with E-state index in [0.717, 1.165) is 5.56 Å². The summed E-state index contributed by atoms with van der Waals surface area (Å²) < 4.78 is 14.6. The Bertz CT molecular complexity index is 217. The molecule has 0 fully saturated rings. The average Bonchev–Trinajstić information content (AvgIpc) is 1.94. The summed E-state index contributed by atoms with van der Waals surface area (Å²) in [6, 6.07) is 7.39. The topological polar surface area (TPSA) is 32.3 Å². The molecule has 0 aliphatic carbocycles. The standard InChI is InChI=1S/C7H8O2S.K/c1-6-4-2-3-5-7(6)9-10-8;/h2-5,8H,1H3;/q;+1/p-1. The van der Waals surface area contributed by atoms with Crippen molar-refractivity contribution in [2.45, 2.75) is 6.92 Å². The minimum Gasteiger partial charge on any atom is -0.766 e. The first-order chi connectivity index (χ1) is 4.84. The van der Waals surface area contributed by atoms with Gasteiger partial charge in [-0.2, -0.15) is 0 Å². The molecule has 0 saturated carbocycles. The van der Waals surface area contributed by atoms with Crippen LogP contribution in [0, 0.1) is 6.92 Å². The minimum atomic E-state index is 0. The van der Waals surface area contributed by atoms with Crippen LogP contribution in [-0.4, -0.2) is 4.55 Å². The van der Waals surface area contributed by atoms with E-state index in [0.29, 0.717) is 5.75 Å². The summed E-state index contributed by atoms with van der Waals surface area (Å²) in [5.74, 6) is 0.641. The van der Waals surface area contributed by atoms with Crippen LogP contribution in [0.2, 0.25) is 0 Å². The Balaban J connectivity index is 0.000001000. The van der Waals surface area contributed by atoms with E-state index in [1.807, 2.05) is 25.1 Å². The van der Waals surface area contributed by atoms with Gasteiger partial charge >= 0.3 is 51.4 Å². The van der Waals surface area contributed by atoms with Crippen LogP contribution in [0.15, 0.2) is 24.3 Å². The van der Waals surface area contributed by atoms with Crippen molar-refractivity contribution >= 4 is 12.3 Å². The molecule has 2 nitrogen and oxygen atoms in total. The van der Waals surface area contributed by atoms with Crippen LogP contribution in [0.3, 0.4) is 0 Å². The molecule has 1 aromatic carbocycles. The molecule has 4 heteroatoms. The monoisotopic (exact) mass is 194 g/mol. The van der Waals surface area contributed by atoms with E-state index < -0.39 is 0 Å². The maximum atomic E-state index is 9.95. The van der Waals surface area contributed by atoms with Gasteiger partial charge in [-0.3, -0.25) is 0 Å². The molecule has 0 N–H and O–H groups in total. The molecule has 11 heavy (non-hydrogen) atoms. The predicted molar refractivity (Wildman–Crippen MR) is 40.2 cm³/mol. The summed E-state index contributed by atoms with van der Waals surface area (Å²) in [4.78, 5) is 0. The van der Waals surface area contributed by atoms with E-state index in [9.17, 15) is 4.55 Å². The maximum absolute atomic E-state index is 9.95. The van der Waals surface area contributed by atoms with Crippen LogP contribution in [0.1, 0.15) is 5.56 Å². The van der Waals surface area contributed by atoms with E-state index in [1.165, 1.54) is 0 Å². The van der Waals surface area contributed by atoms with Gasteiger partial charge in [0.2, 0.25) is 0 Å². The van der Waals surface area contributed by atoms with E-state index in [-0.39, 0.29) is 63.7 Å². The fraction of sp³-hybridized carbons (Fsp3) is 0.143. The molecule has 0 spiro atoms. The zero-order chi connectivity index (χ0) is 7.40. The molecule has 0 heterocycles. The Morgan fingerprint density at radius 1 is 1.36 bits per heavy atom. The van der Waals surface area contributed by atoms with Crippen molar-refractivity contribution in [1.29, 1.82) is 0 Å². The Hall–Kier alpha value is 0.966. The van der Waals surface area contributed by atoms with Crippen LogP contribution in [-0.2, 0) is 0 Å². The number of benzene rings is 1. The van der Waals surface area contributed by atoms with Crippen molar-refractivity contribution in [3.8, 4) is 5.75 Å². The van der Waals surface area contributed by atoms with Crippen LogP contribution in [0.5, 0.6) is 5.75 Å². The summed E-state index contributed by atoms with van der Waals surface area (Å²) in [5, 5.41) is 0. The van der Waals surface area contributed by atoms with Crippen molar-refractivity contribution in [3.05, 3.63) is 29.8 Å². The molecule has 1 aromatic rings. The first kappa shape index (κ1) is 12.0. The Labute approximate surface area is 113 Å². The van der Waals surface area contributed by atoms with Gasteiger partial charge in [-0.25, -0.2) is 0 Å². The minimum absolute atomic E-state index is 0. The van der Waals surface area contributed by atoms with Gasteiger partial charge in [-0.05, 0) is 30.9 Å². The summed E-state index contributed by atoms with van der Waals surface area (Å²) in [5.41, 5.74) is 0.978. The van der Waals surface area contributed by atoms with Gasteiger partial charge in [0.1, 0.15) is 5.75 Å². The third-order valence-electron chi connectivity index (χ3n) is 1.22. The molecule has 0 bridgehead atoms. The van der Waals surface area contributed by atoms with Crippen molar-refractivity contribution in [2.24, 2.45) is 0 Å². The van der Waals surface area contributed by atoms with Crippen molar-refractivity contribution in [2.75, 3.05) is 0 Å². The van der Waals surface area contributed by atoms with Gasteiger partial charge in [0.05, 0.1) is 0 Å². The van der Waals surface area contributed by atoms with E-state index >= 15 is 0 Å². The van der Waals surface area contributed by atoms with Crippen molar-refractivity contribution in [1.82, 2.24) is 0 Å². The second-order valence-corrected chi connectivity index (χ2v) is 2.22. The van der Waals surface area contributed by atoms with E-state index in [1.54, 1.807) is 6.07 Å². The molecule has 0 saturated heterocycles. The summed E-state index contributed by atoms with van der Waals surface area (Å²) in [7, 11) is 0. The van der Waals surface area contributed by atoms with Crippen LogP contribution in [0.4, 0.5) is 0 Å². The van der Waals surface area contributed by atoms with Gasteiger partial charge in [0, 0.05) is 0 Å². The third-order valence-corrected chi connectivity index (χ3v) is 1.46. The molecule has 0 aliphatic heterocycles. The van der Waals surface area contributed by atoms with Gasteiger partial charge in [-0.15, -0.1) is 0 Å². The van der Waals surface area contributed by atoms with E-state index in [2.05, 4.69) is 0 Å². The fourth-order valence-corrected chi connectivity index (χ4v) is 0.947. The Morgan fingerprint density at radius 3 is 2.55 bits per heavy atom. The molecule has 0 radical (unpaired) electrons. The molecular formula is C7H7KO2S. The largest absolute Gasteiger partial charge is 1.00 e. The summed E-state index contributed by atoms with van der Waals surface area (Å²) >= 11 is 0.119. The number of hydrogen-bond acceptors (Lipinski definition) is 3. The smallest absolute Gasteiger partial charge is 0.766 e. The average molecular weight is 194 g/mol. The van der Waals surface area contributed by atoms with Gasteiger partial charge in [0.25, 0.3) is 0 Å². The van der Waals surface area contributed by atoms with Crippen LogP contribution >= 0.6 is 12.3 Å². The molecule has 0 amide bonds. The van der Waals surface area contributed by atoms with Crippen LogP contribution in [0.25, 0.3) is 0 Å². The summed E-state index contributed by atoms with van der Waals surface area (Å²) in [6.45, 7) is 1.89. The van der Waals surface area contributed by atoms with Crippen molar-refractivity contribution < 1.29 is 60.1 Å². The van der Waals surface area contributed by atoms with Gasteiger partial charge in [-0.1, -0.05) is 18.2 Å². The zero-order valence-corrected chi connectivity index (χ0v) is 10.5. The molecule has 1 rings (SSSR count). The molecule has 54 valence electrons. The molecule has 0 unspecified atom stereocenters. The SMILES string of the molecule is Cc1ccccc1OS[O-].[K+]. The van der Waals surface area contributed by atoms with Gasteiger partial charge in [0.15, 0.2) is 0 Å². The number of hydrogen-bond donors (Lipinski definition) is 0. The third kappa shape index (κ3) is 3.94. The number of rotatable bonds is 2. The Morgan fingerprint density at radius 2 is 2.00 bits per heavy atom. The second-order valence-electron chi connectivity index (χ2n) is 1.92. The Kier molecular flexibility index (Phi) is 7.05. The first-order valence-corrected chi connectivity index (χ1v) is 3.53. The normalized spacial score (nSPS) is 8.55. The molecule has 0 aliphatic rings.